The highest BCUT2D eigenvalue weighted by Crippen LogP contribution is 2.42. The number of halogens is 5. The average Bonchev–Trinajstić information content (AvgIpc) is 3.99. The Morgan fingerprint density at radius 2 is 1.69 bits per heavy atom. The molecule has 55 heavy (non-hydrogen) atoms. The summed E-state index contributed by atoms with van der Waals surface area (Å²) in [7, 11) is 2.11. The van der Waals surface area contributed by atoms with Crippen molar-refractivity contribution in [1.82, 2.24) is 14.5 Å². The van der Waals surface area contributed by atoms with Crippen LogP contribution in [0.2, 0.25) is 5.02 Å². The van der Waals surface area contributed by atoms with Crippen LogP contribution in [0, 0.1) is 23.1 Å². The Balaban J connectivity index is 0.000000354. The monoisotopic (exact) mass is 819 g/mol. The van der Waals surface area contributed by atoms with Gasteiger partial charge in [0.25, 0.3) is 6.47 Å². The molecule has 310 valence electrons. The molecule has 4 aliphatic rings. The number of carbonyl (C=O) groups excluding carboxylic acids is 3. The minimum Gasteiger partial charge on any atom is -0.483 e. The number of rotatable bonds is 6. The van der Waals surface area contributed by atoms with Gasteiger partial charge in [-0.25, -0.2) is 4.39 Å². The van der Waals surface area contributed by atoms with E-state index in [9.17, 15) is 31.9 Å². The van der Waals surface area contributed by atoms with Crippen LogP contribution in [-0.2, 0) is 38.4 Å². The molecule has 3 fully saturated rings. The number of nitrogens with zero attached hydrogens (tertiary/aromatic N) is 2. The first kappa shape index (κ1) is 49.5. The number of nitrogens with two attached hydrogens (primary N) is 2. The van der Waals surface area contributed by atoms with Crippen LogP contribution in [0.15, 0.2) is 36.4 Å². The molecular formula is C39H58ClF4N5O5S. The SMILES string of the molecule is CC.CC(C)(C)CC(=O)N1CCCC1C(N)=O.CCC1CC1C(=O)NSC1CC1.CN1Cc2cccc(Cl)c2C1.Nc1cc(F)cc(C(F)(F)F)c1.O=CO. The summed E-state index contributed by atoms with van der Waals surface area (Å²) >= 11 is 7.64. The molecule has 1 saturated heterocycles. The standard InChI is InChI=1S/C11H20N2O2.C9H10ClN.C9H15NOS.C7H5F4N.C2H6.CH2O2/c1-11(2,3)7-9(14)13-6-4-5-8(13)10(12)15;1-11-5-7-3-2-4-9(10)8(7)6-11;1-2-6-5-8(6)9(11)10-12-7-3-4-7;8-5-1-4(7(9,10)11)2-6(12)3-5;1-2;2-1-3/h8H,4-7H2,1-3H3,(H2,12,15);2-4H,5-6H2,1H3;6-8H,2-5H2,1H3,(H,10,11);1-3H,12H2;1-2H3;1H,(H,2,3). The van der Waals surface area contributed by atoms with E-state index >= 15 is 0 Å². The Morgan fingerprint density at radius 3 is 2.16 bits per heavy atom. The Hall–Kier alpha value is -3.56. The molecule has 6 rings (SSSR count). The van der Waals surface area contributed by atoms with Crippen LogP contribution in [0.1, 0.15) is 103 Å². The van der Waals surface area contributed by atoms with Crippen molar-refractivity contribution in [3.63, 3.8) is 0 Å². The minimum atomic E-state index is -4.55. The van der Waals surface area contributed by atoms with Crippen molar-refractivity contribution < 1.29 is 41.8 Å². The Bertz CT molecular complexity index is 1520. The van der Waals surface area contributed by atoms with Gasteiger partial charge in [0, 0.05) is 47.9 Å². The lowest BCUT2D eigenvalue weighted by Crippen LogP contribution is -2.44. The fourth-order valence-electron chi connectivity index (χ4n) is 5.66. The third-order valence-electron chi connectivity index (χ3n) is 8.55. The van der Waals surface area contributed by atoms with Crippen LogP contribution in [0.3, 0.4) is 0 Å². The lowest BCUT2D eigenvalue weighted by Gasteiger charge is -2.26. The van der Waals surface area contributed by atoms with Crippen molar-refractivity contribution >= 4 is 53.4 Å². The van der Waals surface area contributed by atoms with Crippen LogP contribution < -0.4 is 16.2 Å². The summed E-state index contributed by atoms with van der Waals surface area (Å²) in [5.41, 5.74) is 11.6. The summed E-state index contributed by atoms with van der Waals surface area (Å²) in [6.07, 6.45) is 2.36. The highest BCUT2D eigenvalue weighted by Gasteiger charge is 2.42. The third-order valence-corrected chi connectivity index (χ3v) is 10.0. The molecule has 0 aromatic heterocycles. The van der Waals surface area contributed by atoms with Crippen molar-refractivity contribution in [3.8, 4) is 0 Å². The molecule has 0 bridgehead atoms. The first-order valence-electron chi connectivity index (χ1n) is 18.4. The van der Waals surface area contributed by atoms with Gasteiger partial charge < -0.3 is 21.5 Å². The number of anilines is 1. The first-order chi connectivity index (χ1) is 25.7. The third kappa shape index (κ3) is 18.8. The number of hydrogen-bond donors (Lipinski definition) is 4. The van der Waals surface area contributed by atoms with Crippen LogP contribution in [0.4, 0.5) is 23.2 Å². The molecule has 2 saturated carbocycles. The molecule has 3 amide bonds. The molecule has 16 heteroatoms. The molecular weight excluding hydrogens is 762 g/mol. The topological polar surface area (TPSA) is 159 Å². The van der Waals surface area contributed by atoms with Crippen molar-refractivity contribution in [1.29, 1.82) is 0 Å². The average molecular weight is 820 g/mol. The molecule has 2 aromatic rings. The summed E-state index contributed by atoms with van der Waals surface area (Å²) in [6.45, 7) is 14.7. The summed E-state index contributed by atoms with van der Waals surface area (Å²) in [6, 6.07) is 7.65. The number of carboxylic acid groups (broad SMARTS) is 1. The first-order valence-corrected chi connectivity index (χ1v) is 19.7. The molecule has 2 heterocycles. The van der Waals surface area contributed by atoms with E-state index in [1.165, 1.54) is 24.0 Å². The predicted molar refractivity (Wildman–Crippen MR) is 211 cm³/mol. The van der Waals surface area contributed by atoms with E-state index in [-0.39, 0.29) is 41.3 Å². The maximum absolute atomic E-state index is 12.4. The molecule has 0 spiro atoms. The van der Waals surface area contributed by atoms with Crippen molar-refractivity contribution in [2.45, 2.75) is 117 Å². The van der Waals surface area contributed by atoms with Gasteiger partial charge in [0.2, 0.25) is 17.7 Å². The van der Waals surface area contributed by atoms with Crippen molar-refractivity contribution in [3.05, 3.63) is 63.9 Å². The molecule has 6 N–H and O–H groups in total. The number of nitrogen functional groups attached to an aromatic ring is 1. The largest absolute Gasteiger partial charge is 0.483 e. The maximum atomic E-state index is 12.4. The molecule has 2 aromatic carbocycles. The van der Waals surface area contributed by atoms with Gasteiger partial charge in [0.1, 0.15) is 11.9 Å². The lowest BCUT2D eigenvalue weighted by molar-refractivity contribution is -0.138. The van der Waals surface area contributed by atoms with Gasteiger partial charge >= 0.3 is 6.18 Å². The van der Waals surface area contributed by atoms with E-state index in [1.807, 2.05) is 46.8 Å². The number of primary amides is 1. The van der Waals surface area contributed by atoms with E-state index in [2.05, 4.69) is 29.7 Å². The minimum absolute atomic E-state index is 0.0398. The molecule has 3 atom stereocenters. The summed E-state index contributed by atoms with van der Waals surface area (Å²) < 4.78 is 51.1. The second-order valence-corrected chi connectivity index (χ2v) is 16.1. The van der Waals surface area contributed by atoms with Crippen molar-refractivity contribution in [2.75, 3.05) is 19.3 Å². The number of benzene rings is 2. The molecule has 2 aliphatic carbocycles. The van der Waals surface area contributed by atoms with Gasteiger partial charge in [-0.3, -0.25) is 28.8 Å². The van der Waals surface area contributed by atoms with E-state index in [0.29, 0.717) is 43.4 Å². The number of carbonyl (C=O) groups is 4. The van der Waals surface area contributed by atoms with E-state index in [4.69, 9.17) is 33.0 Å². The Kier molecular flexibility index (Phi) is 21.1. The van der Waals surface area contributed by atoms with Crippen LogP contribution >= 0.6 is 23.5 Å². The van der Waals surface area contributed by atoms with Gasteiger partial charge in [0.05, 0.1) is 5.56 Å². The van der Waals surface area contributed by atoms with Gasteiger partial charge in [0.15, 0.2) is 0 Å². The van der Waals surface area contributed by atoms with Gasteiger partial charge in [-0.05, 0) is 97.8 Å². The second-order valence-electron chi connectivity index (χ2n) is 14.6. The maximum Gasteiger partial charge on any atom is 0.416 e. The number of likely N-dealkylation sites (tertiary alicyclic amines) is 1. The van der Waals surface area contributed by atoms with E-state index in [0.717, 1.165) is 48.7 Å². The van der Waals surface area contributed by atoms with Crippen molar-refractivity contribution in [2.24, 2.45) is 23.0 Å². The summed E-state index contributed by atoms with van der Waals surface area (Å²) in [4.78, 5) is 46.6. The summed E-state index contributed by atoms with van der Waals surface area (Å²) in [5.74, 6) is -0.00862. The smallest absolute Gasteiger partial charge is 0.416 e. The van der Waals surface area contributed by atoms with E-state index in [1.54, 1.807) is 16.8 Å². The fraction of sp³-hybridized carbons (Fsp3) is 0.590. The van der Waals surface area contributed by atoms with Crippen LogP contribution in [0.5, 0.6) is 0 Å². The quantitative estimate of drug-likeness (QED) is 0.0981. The zero-order chi connectivity index (χ0) is 42.1. The van der Waals surface area contributed by atoms with Crippen LogP contribution in [0.25, 0.3) is 0 Å². The number of alkyl halides is 3. The number of hydrogen-bond acceptors (Lipinski definition) is 7. The predicted octanol–water partition coefficient (Wildman–Crippen LogP) is 8.30. The number of amides is 3. The Labute approximate surface area is 332 Å². The zero-order valence-corrected chi connectivity index (χ0v) is 34.4. The number of fused-ring (bicyclic) bond motifs is 1. The van der Waals surface area contributed by atoms with Gasteiger partial charge in [-0.15, -0.1) is 0 Å². The molecule has 10 nitrogen and oxygen atoms in total. The fourth-order valence-corrected chi connectivity index (χ4v) is 6.72. The molecule has 3 unspecified atom stereocenters. The van der Waals surface area contributed by atoms with Gasteiger partial charge in [-0.1, -0.05) is 71.7 Å². The highest BCUT2D eigenvalue weighted by molar-refractivity contribution is 7.98. The van der Waals surface area contributed by atoms with Gasteiger partial charge in [-0.2, -0.15) is 13.2 Å². The molecule has 0 radical (unpaired) electrons. The zero-order valence-electron chi connectivity index (χ0n) is 32.8. The Morgan fingerprint density at radius 1 is 1.07 bits per heavy atom. The van der Waals surface area contributed by atoms with E-state index < -0.39 is 17.6 Å². The summed E-state index contributed by atoms with van der Waals surface area (Å²) in [5, 5.41) is 8.53. The second kappa shape index (κ2) is 23.5. The lowest BCUT2D eigenvalue weighted by atomic mass is 9.91. The van der Waals surface area contributed by atoms with Crippen LogP contribution in [-0.4, -0.2) is 64.0 Å². The normalized spacial score (nSPS) is 19.4. The number of nitrogens with one attached hydrogen (secondary N) is 1. The molecule has 2 aliphatic heterocycles. The highest BCUT2D eigenvalue weighted by atomic mass is 35.5.